The summed E-state index contributed by atoms with van der Waals surface area (Å²) < 4.78 is 0. The molecule has 0 saturated carbocycles. The van der Waals surface area contributed by atoms with E-state index in [0.29, 0.717) is 19.0 Å². The largest absolute Gasteiger partial charge is 0.465 e. The van der Waals surface area contributed by atoms with Gasteiger partial charge in [0.05, 0.1) is 0 Å². The van der Waals surface area contributed by atoms with Crippen molar-refractivity contribution in [2.75, 3.05) is 13.1 Å². The van der Waals surface area contributed by atoms with E-state index in [-0.39, 0.29) is 0 Å². The lowest BCUT2D eigenvalue weighted by Gasteiger charge is -2.37. The van der Waals surface area contributed by atoms with Crippen molar-refractivity contribution in [3.05, 3.63) is 41.4 Å². The number of likely N-dealkylation sites (tertiary alicyclic amines) is 1. The fraction of sp³-hybridized carbons (Fsp3) is 0.231. The van der Waals surface area contributed by atoms with E-state index in [2.05, 4.69) is 29.2 Å². The Morgan fingerprint density at radius 3 is 2.61 bits per heavy atom. The number of hydrogen-bond donors (Lipinski definition) is 1. The Labute approximate surface area is 109 Å². The van der Waals surface area contributed by atoms with Crippen molar-refractivity contribution in [2.24, 2.45) is 0 Å². The Morgan fingerprint density at radius 2 is 2.06 bits per heavy atom. The van der Waals surface area contributed by atoms with E-state index in [9.17, 15) is 4.79 Å². The van der Waals surface area contributed by atoms with Gasteiger partial charge in [0.25, 0.3) is 0 Å². The van der Waals surface area contributed by atoms with Gasteiger partial charge in [-0.2, -0.15) is 0 Å². The maximum absolute atomic E-state index is 10.7. The monoisotopic (exact) mass is 260 g/mol. The summed E-state index contributed by atoms with van der Waals surface area (Å²) in [6, 6.07) is 8.25. The standard InChI is InChI=1S/C13H12N2O2S/c16-13(17)15-7-11(8-15)9-1-3-10(4-2-9)12-14-5-6-18-12/h1-6,11H,7-8H2,(H,16,17). The number of benzene rings is 1. The van der Waals surface area contributed by atoms with E-state index in [1.54, 1.807) is 17.5 Å². The molecule has 1 aromatic carbocycles. The lowest BCUT2D eigenvalue weighted by Crippen LogP contribution is -2.47. The van der Waals surface area contributed by atoms with Gasteiger partial charge >= 0.3 is 6.09 Å². The third-order valence-corrected chi connectivity index (χ3v) is 4.04. The second-order valence-electron chi connectivity index (χ2n) is 4.34. The summed E-state index contributed by atoms with van der Waals surface area (Å²) in [4.78, 5) is 16.4. The summed E-state index contributed by atoms with van der Waals surface area (Å²) >= 11 is 1.62. The number of rotatable bonds is 2. The van der Waals surface area contributed by atoms with E-state index in [4.69, 9.17) is 5.11 Å². The third kappa shape index (κ3) is 1.97. The summed E-state index contributed by atoms with van der Waals surface area (Å²) in [5, 5.41) is 11.8. The average Bonchev–Trinajstić information content (AvgIpc) is 2.81. The van der Waals surface area contributed by atoms with Crippen molar-refractivity contribution in [3.63, 3.8) is 0 Å². The SMILES string of the molecule is O=C(O)N1CC(c2ccc(-c3nccs3)cc2)C1. The minimum absolute atomic E-state index is 0.339. The number of nitrogens with zero attached hydrogens (tertiary/aromatic N) is 2. The first-order valence-electron chi connectivity index (χ1n) is 5.72. The number of amides is 1. The highest BCUT2D eigenvalue weighted by Gasteiger charge is 2.31. The molecule has 1 aliphatic rings. The topological polar surface area (TPSA) is 53.4 Å². The predicted octanol–water partition coefficient (Wildman–Crippen LogP) is 2.89. The molecule has 2 heterocycles. The first kappa shape index (κ1) is 11.2. The van der Waals surface area contributed by atoms with E-state index in [0.717, 1.165) is 10.6 Å². The molecule has 2 aromatic rings. The summed E-state index contributed by atoms with van der Waals surface area (Å²) in [6.07, 6.45) is 0.968. The number of thiazole rings is 1. The fourth-order valence-electron chi connectivity index (χ4n) is 2.11. The lowest BCUT2D eigenvalue weighted by atomic mass is 9.91. The van der Waals surface area contributed by atoms with E-state index in [1.165, 1.54) is 10.5 Å². The molecule has 0 radical (unpaired) electrons. The van der Waals surface area contributed by atoms with Gasteiger partial charge in [-0.25, -0.2) is 9.78 Å². The summed E-state index contributed by atoms with van der Waals surface area (Å²) in [7, 11) is 0. The Balaban J connectivity index is 1.71. The molecule has 1 saturated heterocycles. The van der Waals surface area contributed by atoms with Crippen molar-refractivity contribution < 1.29 is 9.90 Å². The van der Waals surface area contributed by atoms with Crippen LogP contribution in [0.3, 0.4) is 0 Å². The maximum Gasteiger partial charge on any atom is 0.407 e. The molecule has 3 rings (SSSR count). The van der Waals surface area contributed by atoms with Gasteiger partial charge in [0.1, 0.15) is 5.01 Å². The second kappa shape index (κ2) is 4.42. The van der Waals surface area contributed by atoms with E-state index < -0.39 is 6.09 Å². The summed E-state index contributed by atoms with van der Waals surface area (Å²) in [5.74, 6) is 0.339. The van der Waals surface area contributed by atoms with Crippen LogP contribution in [-0.4, -0.2) is 34.2 Å². The van der Waals surface area contributed by atoms with Gasteiger partial charge in [-0.05, 0) is 5.56 Å². The third-order valence-electron chi connectivity index (χ3n) is 3.21. The Kier molecular flexibility index (Phi) is 2.76. The number of carboxylic acid groups (broad SMARTS) is 1. The zero-order valence-electron chi connectivity index (χ0n) is 9.61. The van der Waals surface area contributed by atoms with Crippen molar-refractivity contribution in [1.82, 2.24) is 9.88 Å². The minimum atomic E-state index is -0.828. The molecule has 0 bridgehead atoms. The fourth-order valence-corrected chi connectivity index (χ4v) is 2.75. The van der Waals surface area contributed by atoms with Crippen LogP contribution in [0.4, 0.5) is 4.79 Å². The lowest BCUT2D eigenvalue weighted by molar-refractivity contribution is 0.105. The molecule has 1 aliphatic heterocycles. The molecule has 1 amide bonds. The van der Waals surface area contributed by atoms with Crippen LogP contribution in [0.2, 0.25) is 0 Å². The minimum Gasteiger partial charge on any atom is -0.465 e. The maximum atomic E-state index is 10.7. The molecule has 0 unspecified atom stereocenters. The Bertz CT molecular complexity index is 545. The van der Waals surface area contributed by atoms with Crippen LogP contribution in [-0.2, 0) is 0 Å². The van der Waals surface area contributed by atoms with Crippen LogP contribution in [0.1, 0.15) is 11.5 Å². The second-order valence-corrected chi connectivity index (χ2v) is 5.24. The Hall–Kier alpha value is -1.88. The van der Waals surface area contributed by atoms with Crippen LogP contribution < -0.4 is 0 Å². The van der Waals surface area contributed by atoms with Crippen LogP contribution in [0, 0.1) is 0 Å². The summed E-state index contributed by atoms with van der Waals surface area (Å²) in [5.41, 5.74) is 2.32. The molecule has 5 heteroatoms. The predicted molar refractivity (Wildman–Crippen MR) is 69.9 cm³/mol. The van der Waals surface area contributed by atoms with Gasteiger partial charge < -0.3 is 10.0 Å². The Morgan fingerprint density at radius 1 is 1.33 bits per heavy atom. The summed E-state index contributed by atoms with van der Waals surface area (Å²) in [6.45, 7) is 1.21. The number of aromatic nitrogens is 1. The van der Waals surface area contributed by atoms with Crippen molar-refractivity contribution in [1.29, 1.82) is 0 Å². The molecule has 1 aromatic heterocycles. The highest BCUT2D eigenvalue weighted by atomic mass is 32.1. The van der Waals surface area contributed by atoms with Crippen LogP contribution in [0.5, 0.6) is 0 Å². The first-order chi connectivity index (χ1) is 8.74. The molecular weight excluding hydrogens is 248 g/mol. The molecule has 18 heavy (non-hydrogen) atoms. The zero-order chi connectivity index (χ0) is 12.5. The molecule has 0 spiro atoms. The van der Waals surface area contributed by atoms with E-state index >= 15 is 0 Å². The molecule has 0 atom stereocenters. The van der Waals surface area contributed by atoms with Crippen molar-refractivity contribution in [3.8, 4) is 10.6 Å². The molecule has 1 fully saturated rings. The van der Waals surface area contributed by atoms with Crippen LogP contribution >= 0.6 is 11.3 Å². The molecule has 92 valence electrons. The van der Waals surface area contributed by atoms with Gasteiger partial charge in [0, 0.05) is 36.1 Å². The van der Waals surface area contributed by atoms with Crippen molar-refractivity contribution >= 4 is 17.4 Å². The normalized spacial score (nSPS) is 15.4. The zero-order valence-corrected chi connectivity index (χ0v) is 10.4. The molecule has 0 aliphatic carbocycles. The number of hydrogen-bond acceptors (Lipinski definition) is 3. The van der Waals surface area contributed by atoms with Crippen molar-refractivity contribution in [2.45, 2.75) is 5.92 Å². The van der Waals surface area contributed by atoms with Crippen LogP contribution in [0.25, 0.3) is 10.6 Å². The van der Waals surface area contributed by atoms with Gasteiger partial charge in [0.2, 0.25) is 0 Å². The molecule has 1 N–H and O–H groups in total. The first-order valence-corrected chi connectivity index (χ1v) is 6.59. The quantitative estimate of drug-likeness (QED) is 0.903. The average molecular weight is 260 g/mol. The number of carbonyl (C=O) groups is 1. The van der Waals surface area contributed by atoms with E-state index in [1.807, 2.05) is 5.38 Å². The van der Waals surface area contributed by atoms with Gasteiger partial charge in [0.15, 0.2) is 0 Å². The van der Waals surface area contributed by atoms with Gasteiger partial charge in [-0.3, -0.25) is 0 Å². The molecular formula is C13H12N2O2S. The smallest absolute Gasteiger partial charge is 0.407 e. The van der Waals surface area contributed by atoms with Crippen LogP contribution in [0.15, 0.2) is 35.8 Å². The molecule has 4 nitrogen and oxygen atoms in total. The van der Waals surface area contributed by atoms with Gasteiger partial charge in [-0.15, -0.1) is 11.3 Å². The highest BCUT2D eigenvalue weighted by Crippen LogP contribution is 2.29. The highest BCUT2D eigenvalue weighted by molar-refractivity contribution is 7.13. The van der Waals surface area contributed by atoms with Gasteiger partial charge in [-0.1, -0.05) is 24.3 Å².